The van der Waals surface area contributed by atoms with E-state index < -0.39 is 29.2 Å². The summed E-state index contributed by atoms with van der Waals surface area (Å²) in [7, 11) is 0. The van der Waals surface area contributed by atoms with Crippen LogP contribution in [0.1, 0.15) is 19.0 Å². The number of amides is 2. The van der Waals surface area contributed by atoms with Crippen LogP contribution < -0.4 is 16.8 Å². The molecule has 1 aromatic rings. The topological polar surface area (TPSA) is 192 Å². The molecule has 0 unspecified atom stereocenters. The number of hydrazone groups is 1. The van der Waals surface area contributed by atoms with Crippen molar-refractivity contribution >= 4 is 68.5 Å². The number of oxime groups is 1. The highest BCUT2D eigenvalue weighted by Gasteiger charge is 2.54. The van der Waals surface area contributed by atoms with Crippen molar-refractivity contribution in [3.63, 3.8) is 0 Å². The van der Waals surface area contributed by atoms with E-state index >= 15 is 0 Å². The summed E-state index contributed by atoms with van der Waals surface area (Å²) in [6.07, 6.45) is 6.33. The van der Waals surface area contributed by atoms with Crippen LogP contribution in [0.3, 0.4) is 0 Å². The number of aliphatic carboxylic acids is 1. The maximum absolute atomic E-state index is 13.2. The molecule has 0 bridgehead atoms. The molecule has 0 saturated carbocycles. The molecular formula is C23H27N9O5S3. The summed E-state index contributed by atoms with van der Waals surface area (Å²) in [6, 6.07) is -0.932. The van der Waals surface area contributed by atoms with E-state index in [-0.39, 0.29) is 35.4 Å². The Kier molecular flexibility index (Phi) is 8.34. The van der Waals surface area contributed by atoms with E-state index in [1.807, 2.05) is 23.4 Å². The molecule has 5 rings (SSSR count). The van der Waals surface area contributed by atoms with Gasteiger partial charge in [-0.25, -0.2) is 14.8 Å². The minimum atomic E-state index is -1.20. The molecule has 4 aliphatic heterocycles. The summed E-state index contributed by atoms with van der Waals surface area (Å²) in [5.74, 6) is -0.419. The number of thiazole rings is 1. The van der Waals surface area contributed by atoms with E-state index in [9.17, 15) is 19.5 Å². The molecule has 212 valence electrons. The minimum Gasteiger partial charge on any atom is -0.477 e. The van der Waals surface area contributed by atoms with Gasteiger partial charge in [-0.1, -0.05) is 5.16 Å². The quantitative estimate of drug-likeness (QED) is 0.165. The third-order valence-corrected chi connectivity index (χ3v) is 9.18. The lowest BCUT2D eigenvalue weighted by atomic mass is 10.0. The van der Waals surface area contributed by atoms with Crippen LogP contribution in [-0.2, 0) is 19.2 Å². The second kappa shape index (κ2) is 11.9. The first-order valence-electron chi connectivity index (χ1n) is 12.3. The van der Waals surface area contributed by atoms with Gasteiger partial charge in [0.15, 0.2) is 10.8 Å². The standard InChI is InChI=1S/C23H27N9O5S3/c1-2-37-29-16(13-11-40-23(25)26-13)19(33)27-17-20(34)32-18(22(35)36)12(10-39-21(17)32)9-30-6-7-31-15(30)4-3-14(28-31)38-8-5-24/h4,6-7,11,17,21H,2-3,5,8-10,24H2,1H3,(H2,25,26)(H,27,33)(H,35,36)/t17-,21+/m1/s1. The average molecular weight is 606 g/mol. The number of hydrogen-bond acceptors (Lipinski definition) is 14. The Hall–Kier alpha value is -3.54. The lowest BCUT2D eigenvalue weighted by molar-refractivity contribution is -0.150. The molecule has 40 heavy (non-hydrogen) atoms. The Morgan fingerprint density at radius 2 is 2.20 bits per heavy atom. The van der Waals surface area contributed by atoms with E-state index in [4.69, 9.17) is 16.3 Å². The van der Waals surface area contributed by atoms with Crippen molar-refractivity contribution in [3.8, 4) is 0 Å². The van der Waals surface area contributed by atoms with Gasteiger partial charge in [-0.2, -0.15) is 5.10 Å². The SMILES string of the molecule is CCON=C(C(=O)N[C@@H]1C(=O)N2C(C(=O)O)=C(CN3C=CN4N=C(SCCN)CC=C34)CS[C@@H]12)c1csc(N)n1. The fourth-order valence-electron chi connectivity index (χ4n) is 4.41. The number of allylic oxidation sites excluding steroid dienone is 1. The van der Waals surface area contributed by atoms with Gasteiger partial charge in [0.05, 0.1) is 5.04 Å². The maximum atomic E-state index is 13.2. The van der Waals surface area contributed by atoms with Crippen molar-refractivity contribution in [3.05, 3.63) is 46.6 Å². The molecule has 0 spiro atoms. The number of nitrogens with zero attached hydrogens (tertiary/aromatic N) is 6. The zero-order chi connectivity index (χ0) is 28.4. The highest BCUT2D eigenvalue weighted by Crippen LogP contribution is 2.41. The minimum absolute atomic E-state index is 0.0688. The van der Waals surface area contributed by atoms with Crippen molar-refractivity contribution in [2.75, 3.05) is 36.9 Å². The number of aromatic nitrogens is 1. The predicted octanol–water partition coefficient (Wildman–Crippen LogP) is 0.544. The molecular weight excluding hydrogens is 579 g/mol. The van der Waals surface area contributed by atoms with Crippen molar-refractivity contribution in [2.45, 2.75) is 24.8 Å². The normalized spacial score (nSPS) is 22.0. The number of rotatable bonds is 10. The number of hydrogen-bond donors (Lipinski definition) is 4. The molecule has 0 radical (unpaired) electrons. The smallest absolute Gasteiger partial charge is 0.352 e. The molecule has 1 aromatic heterocycles. The number of carbonyl (C=O) groups is 3. The number of thioether (sulfide) groups is 2. The first-order valence-corrected chi connectivity index (χ1v) is 15.2. The van der Waals surface area contributed by atoms with Crippen LogP contribution in [0.2, 0.25) is 0 Å². The van der Waals surface area contributed by atoms with Crippen LogP contribution in [0, 0.1) is 0 Å². The van der Waals surface area contributed by atoms with E-state index in [1.54, 1.807) is 29.1 Å². The fourth-order valence-corrected chi connectivity index (χ4v) is 6.99. The lowest BCUT2D eigenvalue weighted by Gasteiger charge is -2.49. The van der Waals surface area contributed by atoms with Gasteiger partial charge >= 0.3 is 5.97 Å². The second-order valence-electron chi connectivity index (χ2n) is 8.71. The Balaban J connectivity index is 1.29. The molecule has 4 aliphatic rings. The molecule has 1 fully saturated rings. The summed E-state index contributed by atoms with van der Waals surface area (Å²) < 4.78 is 0. The Bertz CT molecular complexity index is 1370. The number of fused-ring (bicyclic) bond motifs is 2. The molecule has 5 heterocycles. The van der Waals surface area contributed by atoms with Gasteiger partial charge in [0.1, 0.15) is 35.2 Å². The largest absolute Gasteiger partial charge is 0.477 e. The van der Waals surface area contributed by atoms with Crippen molar-refractivity contribution < 1.29 is 24.3 Å². The van der Waals surface area contributed by atoms with Gasteiger partial charge in [0, 0.05) is 48.8 Å². The number of carboxylic acid groups (broad SMARTS) is 1. The summed E-state index contributed by atoms with van der Waals surface area (Å²) in [4.78, 5) is 50.9. The highest BCUT2D eigenvalue weighted by atomic mass is 32.2. The van der Waals surface area contributed by atoms with Crippen molar-refractivity contribution in [1.82, 2.24) is 25.1 Å². The summed E-state index contributed by atoms with van der Waals surface area (Å²) >= 11 is 4.13. The molecule has 0 aromatic carbocycles. The average Bonchev–Trinajstić information content (AvgIpc) is 3.55. The van der Waals surface area contributed by atoms with E-state index in [0.717, 1.165) is 28.0 Å². The maximum Gasteiger partial charge on any atom is 0.352 e. The third-order valence-electron chi connectivity index (χ3n) is 6.14. The van der Waals surface area contributed by atoms with Gasteiger partial charge in [0.2, 0.25) is 0 Å². The molecule has 6 N–H and O–H groups in total. The molecule has 0 aliphatic carbocycles. The van der Waals surface area contributed by atoms with E-state index in [0.29, 0.717) is 24.3 Å². The zero-order valence-electron chi connectivity index (χ0n) is 21.3. The van der Waals surface area contributed by atoms with Gasteiger partial charge < -0.3 is 31.6 Å². The van der Waals surface area contributed by atoms with Crippen LogP contribution in [0.15, 0.2) is 51.2 Å². The Labute approximate surface area is 241 Å². The van der Waals surface area contributed by atoms with Crippen LogP contribution in [-0.4, -0.2) is 96.1 Å². The monoisotopic (exact) mass is 605 g/mol. The number of carbonyl (C=O) groups excluding carboxylic acids is 2. The number of anilines is 1. The van der Waals surface area contributed by atoms with Gasteiger partial charge in [-0.3, -0.25) is 14.5 Å². The number of β-lactam (4-membered cyclic amide) rings is 1. The lowest BCUT2D eigenvalue weighted by Crippen LogP contribution is -2.71. The Morgan fingerprint density at radius 1 is 1.38 bits per heavy atom. The second-order valence-corrected chi connectivity index (χ2v) is 11.9. The van der Waals surface area contributed by atoms with Crippen LogP contribution in [0.4, 0.5) is 5.13 Å². The predicted molar refractivity (Wildman–Crippen MR) is 154 cm³/mol. The van der Waals surface area contributed by atoms with Gasteiger partial charge in [-0.15, -0.1) is 34.9 Å². The highest BCUT2D eigenvalue weighted by molar-refractivity contribution is 8.13. The fraction of sp³-hybridized carbons (Fsp3) is 0.391. The van der Waals surface area contributed by atoms with Crippen LogP contribution >= 0.6 is 34.9 Å². The first-order chi connectivity index (χ1) is 19.3. The molecule has 14 nitrogen and oxygen atoms in total. The van der Waals surface area contributed by atoms with Crippen LogP contribution in [0.25, 0.3) is 0 Å². The number of nitrogen functional groups attached to an aromatic ring is 1. The Morgan fingerprint density at radius 3 is 2.90 bits per heavy atom. The summed E-state index contributed by atoms with van der Waals surface area (Å²) in [5, 5.41) is 25.2. The molecule has 1 saturated heterocycles. The van der Waals surface area contributed by atoms with E-state index in [1.165, 1.54) is 16.7 Å². The van der Waals surface area contributed by atoms with Crippen molar-refractivity contribution in [1.29, 1.82) is 0 Å². The summed E-state index contributed by atoms with van der Waals surface area (Å²) in [5.41, 5.74) is 11.9. The van der Waals surface area contributed by atoms with Gasteiger partial charge in [0.25, 0.3) is 11.8 Å². The number of nitrogens with two attached hydrogens (primary N) is 2. The number of nitrogens with one attached hydrogen (secondary N) is 1. The molecule has 17 heteroatoms. The van der Waals surface area contributed by atoms with Crippen LogP contribution in [0.5, 0.6) is 0 Å². The zero-order valence-corrected chi connectivity index (χ0v) is 23.8. The summed E-state index contributed by atoms with van der Waals surface area (Å²) in [6.45, 7) is 2.78. The first kappa shape index (κ1) is 28.0. The molecule has 2 amide bonds. The number of carboxylic acids is 1. The third kappa shape index (κ3) is 5.41. The molecule has 2 atom stereocenters. The van der Waals surface area contributed by atoms with Gasteiger partial charge in [-0.05, 0) is 18.6 Å². The van der Waals surface area contributed by atoms with E-state index in [2.05, 4.69) is 20.6 Å². The van der Waals surface area contributed by atoms with Crippen molar-refractivity contribution in [2.24, 2.45) is 16.0 Å².